The minimum absolute atomic E-state index is 0.0195. The molecule has 2 N–H and O–H groups in total. The standard InChI is InChI=1S/C24H34F4N4O4/c1-3-4-12-36-23(34)32-11-5-6-19(32)21(33)29-14-15-13-18(25)20(31-22(15)35-2)30-17-9-7-16(8-10-17)24(26,27)28/h13,16-17,19H,3-12,14H2,1-2H3,(H,29,33)(H,30,31). The van der Waals surface area contributed by atoms with Crippen molar-refractivity contribution in [2.45, 2.75) is 83.1 Å². The van der Waals surface area contributed by atoms with Gasteiger partial charge in [0.25, 0.3) is 0 Å². The van der Waals surface area contributed by atoms with Crippen molar-refractivity contribution in [3.05, 3.63) is 17.4 Å². The summed E-state index contributed by atoms with van der Waals surface area (Å²) in [5.41, 5.74) is 0.296. The fourth-order valence-corrected chi connectivity index (χ4v) is 4.62. The molecule has 1 unspecified atom stereocenters. The smallest absolute Gasteiger partial charge is 0.410 e. The second-order valence-corrected chi connectivity index (χ2v) is 9.26. The molecule has 3 rings (SSSR count). The van der Waals surface area contributed by atoms with Crippen LogP contribution < -0.4 is 15.4 Å². The molecule has 2 amide bonds. The Balaban J connectivity index is 1.57. The molecule has 1 aliphatic carbocycles. The van der Waals surface area contributed by atoms with Crippen LogP contribution in [0.5, 0.6) is 5.88 Å². The molecule has 1 saturated carbocycles. The maximum absolute atomic E-state index is 14.8. The van der Waals surface area contributed by atoms with Crippen LogP contribution in [0.2, 0.25) is 0 Å². The van der Waals surface area contributed by atoms with E-state index in [0.29, 0.717) is 31.6 Å². The van der Waals surface area contributed by atoms with Gasteiger partial charge in [-0.05, 0) is 51.0 Å². The van der Waals surface area contributed by atoms with E-state index >= 15 is 0 Å². The Bertz CT molecular complexity index is 907. The lowest BCUT2D eigenvalue weighted by atomic mass is 9.85. The molecule has 0 radical (unpaired) electrons. The summed E-state index contributed by atoms with van der Waals surface area (Å²) >= 11 is 0. The predicted molar refractivity (Wildman–Crippen MR) is 124 cm³/mol. The van der Waals surface area contributed by atoms with Crippen LogP contribution in [0, 0.1) is 11.7 Å². The third kappa shape index (κ3) is 7.13. The largest absolute Gasteiger partial charge is 0.481 e. The van der Waals surface area contributed by atoms with Gasteiger partial charge >= 0.3 is 12.3 Å². The van der Waals surface area contributed by atoms with Crippen LogP contribution in [-0.2, 0) is 16.1 Å². The van der Waals surface area contributed by atoms with E-state index in [4.69, 9.17) is 9.47 Å². The van der Waals surface area contributed by atoms with Crippen molar-refractivity contribution < 1.29 is 36.6 Å². The Labute approximate surface area is 208 Å². The SMILES string of the molecule is CCCCOC(=O)N1CCCC1C(=O)NCc1cc(F)c(NC2CCC(C(F)(F)F)CC2)nc1OC. The number of alkyl halides is 3. The molecule has 1 saturated heterocycles. The van der Waals surface area contributed by atoms with Crippen LogP contribution in [0.15, 0.2) is 6.07 Å². The van der Waals surface area contributed by atoms with E-state index in [1.165, 1.54) is 18.1 Å². The van der Waals surface area contributed by atoms with Gasteiger partial charge in [0.15, 0.2) is 11.6 Å². The average molecular weight is 519 g/mol. The third-order valence-electron chi connectivity index (χ3n) is 6.71. The summed E-state index contributed by atoms with van der Waals surface area (Å²) in [6.07, 6.45) is -1.47. The van der Waals surface area contributed by atoms with E-state index in [9.17, 15) is 27.2 Å². The fraction of sp³-hybridized carbons (Fsp3) is 0.708. The third-order valence-corrected chi connectivity index (χ3v) is 6.71. The molecule has 36 heavy (non-hydrogen) atoms. The molecule has 8 nitrogen and oxygen atoms in total. The summed E-state index contributed by atoms with van der Waals surface area (Å²) < 4.78 is 63.9. The molecule has 1 aromatic rings. The number of halogens is 4. The number of anilines is 1. The number of hydrogen-bond acceptors (Lipinski definition) is 6. The van der Waals surface area contributed by atoms with Crippen LogP contribution in [0.3, 0.4) is 0 Å². The van der Waals surface area contributed by atoms with E-state index < -0.39 is 30.0 Å². The summed E-state index contributed by atoms with van der Waals surface area (Å²) in [4.78, 5) is 30.6. The van der Waals surface area contributed by atoms with Crippen LogP contribution in [0.25, 0.3) is 0 Å². The lowest BCUT2D eigenvalue weighted by Gasteiger charge is -2.30. The van der Waals surface area contributed by atoms with E-state index in [1.54, 1.807) is 0 Å². The molecular formula is C24H34F4N4O4. The quantitative estimate of drug-likeness (QED) is 0.361. The lowest BCUT2D eigenvalue weighted by Crippen LogP contribution is -2.46. The highest BCUT2D eigenvalue weighted by Crippen LogP contribution is 2.38. The number of likely N-dealkylation sites (tertiary alicyclic amines) is 1. The highest BCUT2D eigenvalue weighted by atomic mass is 19.4. The first-order valence-corrected chi connectivity index (χ1v) is 12.4. The minimum Gasteiger partial charge on any atom is -0.481 e. The van der Waals surface area contributed by atoms with Crippen molar-refractivity contribution in [3.63, 3.8) is 0 Å². The van der Waals surface area contributed by atoms with Crippen LogP contribution in [0.4, 0.5) is 28.2 Å². The van der Waals surface area contributed by atoms with E-state index in [1.807, 2.05) is 6.92 Å². The Morgan fingerprint density at radius 3 is 2.56 bits per heavy atom. The summed E-state index contributed by atoms with van der Waals surface area (Å²) in [6, 6.07) is 0.184. The first-order valence-electron chi connectivity index (χ1n) is 12.4. The van der Waals surface area contributed by atoms with Gasteiger partial charge in [-0.15, -0.1) is 0 Å². The van der Waals surface area contributed by atoms with Gasteiger partial charge < -0.3 is 20.1 Å². The molecule has 1 aliphatic heterocycles. The zero-order chi connectivity index (χ0) is 26.3. The number of unbranched alkanes of at least 4 members (excludes halogenated alkanes) is 1. The Hall–Kier alpha value is -2.79. The monoisotopic (exact) mass is 518 g/mol. The Morgan fingerprint density at radius 2 is 1.92 bits per heavy atom. The highest BCUT2D eigenvalue weighted by molar-refractivity contribution is 5.86. The average Bonchev–Trinajstić information content (AvgIpc) is 3.34. The van der Waals surface area contributed by atoms with Crippen molar-refractivity contribution in [1.82, 2.24) is 15.2 Å². The topological polar surface area (TPSA) is 92.8 Å². The van der Waals surface area contributed by atoms with Gasteiger partial charge in [0.05, 0.1) is 19.6 Å². The lowest BCUT2D eigenvalue weighted by molar-refractivity contribution is -0.182. The molecular weight excluding hydrogens is 484 g/mol. The molecule has 12 heteroatoms. The predicted octanol–water partition coefficient (Wildman–Crippen LogP) is 4.78. The van der Waals surface area contributed by atoms with Crippen molar-refractivity contribution in [3.8, 4) is 5.88 Å². The molecule has 0 spiro atoms. The van der Waals surface area contributed by atoms with E-state index in [2.05, 4.69) is 15.6 Å². The van der Waals surface area contributed by atoms with Gasteiger partial charge in [0.2, 0.25) is 11.8 Å². The van der Waals surface area contributed by atoms with Crippen molar-refractivity contribution in [2.24, 2.45) is 5.92 Å². The maximum Gasteiger partial charge on any atom is 0.410 e. The number of methoxy groups -OCH3 is 1. The first kappa shape index (κ1) is 27.8. The first-order chi connectivity index (χ1) is 17.1. The Morgan fingerprint density at radius 1 is 1.19 bits per heavy atom. The Kier molecular flexibility index (Phi) is 9.61. The van der Waals surface area contributed by atoms with Gasteiger partial charge in [-0.3, -0.25) is 9.69 Å². The number of hydrogen-bond donors (Lipinski definition) is 2. The highest BCUT2D eigenvalue weighted by Gasteiger charge is 2.41. The molecule has 2 fully saturated rings. The minimum atomic E-state index is -4.21. The number of carbonyl (C=O) groups is 2. The fourth-order valence-electron chi connectivity index (χ4n) is 4.62. The van der Waals surface area contributed by atoms with Crippen molar-refractivity contribution in [1.29, 1.82) is 0 Å². The van der Waals surface area contributed by atoms with E-state index in [-0.39, 0.29) is 55.9 Å². The summed E-state index contributed by atoms with van der Waals surface area (Å²) in [7, 11) is 1.36. The summed E-state index contributed by atoms with van der Waals surface area (Å²) in [6.45, 7) is 2.63. The maximum atomic E-state index is 14.8. The van der Waals surface area contributed by atoms with Gasteiger partial charge in [0.1, 0.15) is 6.04 Å². The molecule has 0 bridgehead atoms. The second-order valence-electron chi connectivity index (χ2n) is 9.26. The molecule has 1 aromatic heterocycles. The number of amides is 2. The van der Waals surface area contributed by atoms with Crippen LogP contribution in [-0.4, -0.2) is 60.4 Å². The summed E-state index contributed by atoms with van der Waals surface area (Å²) in [5, 5.41) is 5.61. The molecule has 2 aliphatic rings. The molecule has 202 valence electrons. The number of aromatic nitrogens is 1. The number of nitrogens with one attached hydrogen (secondary N) is 2. The normalized spacial score (nSPS) is 22.3. The van der Waals surface area contributed by atoms with Crippen molar-refractivity contribution in [2.75, 3.05) is 25.6 Å². The number of nitrogens with zero attached hydrogens (tertiary/aromatic N) is 2. The number of carbonyl (C=O) groups excluding carboxylic acids is 2. The summed E-state index contributed by atoms with van der Waals surface area (Å²) in [5.74, 6) is -2.42. The van der Waals surface area contributed by atoms with Gasteiger partial charge in [-0.2, -0.15) is 18.2 Å². The van der Waals surface area contributed by atoms with Gasteiger partial charge in [0, 0.05) is 24.7 Å². The van der Waals surface area contributed by atoms with Gasteiger partial charge in [-0.1, -0.05) is 13.3 Å². The number of rotatable bonds is 9. The van der Waals surface area contributed by atoms with Crippen LogP contribution >= 0.6 is 0 Å². The van der Waals surface area contributed by atoms with Gasteiger partial charge in [-0.25, -0.2) is 9.18 Å². The zero-order valence-electron chi connectivity index (χ0n) is 20.6. The molecule has 0 aromatic carbocycles. The molecule has 1 atom stereocenters. The number of ether oxygens (including phenoxy) is 2. The second kappa shape index (κ2) is 12.4. The van der Waals surface area contributed by atoms with Crippen molar-refractivity contribution >= 4 is 17.8 Å². The number of pyridine rings is 1. The molecule has 2 heterocycles. The van der Waals surface area contributed by atoms with Crippen LogP contribution in [0.1, 0.15) is 63.9 Å². The zero-order valence-corrected chi connectivity index (χ0v) is 20.6. The van der Waals surface area contributed by atoms with E-state index in [0.717, 1.165) is 12.8 Å².